The van der Waals surface area contributed by atoms with Crippen LogP contribution in [0.3, 0.4) is 0 Å². The zero-order valence-corrected chi connectivity index (χ0v) is 7.00. The van der Waals surface area contributed by atoms with Gasteiger partial charge in [0, 0.05) is 0 Å². The predicted molar refractivity (Wildman–Crippen MR) is 44.7 cm³/mol. The van der Waals surface area contributed by atoms with E-state index >= 15 is 0 Å². The van der Waals surface area contributed by atoms with Gasteiger partial charge in [-0.25, -0.2) is 4.39 Å². The molecule has 0 aromatic heterocycles. The minimum absolute atomic E-state index is 0.431. The second kappa shape index (κ2) is 8.37. The van der Waals surface area contributed by atoms with E-state index in [4.69, 9.17) is 0 Å². The fourth-order valence-electron chi connectivity index (χ4n) is 0. The number of nitrogens with one attached hydrogen (secondary N) is 1. The monoisotopic (exact) mass is 145 g/mol. The molecule has 0 unspecified atom stereocenters. The Bertz CT molecular complexity index is 93.8. The largest absolute Gasteiger partial charge is 0.293 e. The molecule has 0 spiro atoms. The third kappa shape index (κ3) is 15.7. The molecular formula is C8H16FN. The summed E-state index contributed by atoms with van der Waals surface area (Å²) < 4.78 is 10.6. The molecule has 1 nitrogen and oxygen atoms in total. The van der Waals surface area contributed by atoms with Crippen LogP contribution in [-0.4, -0.2) is 13.8 Å². The maximum Gasteiger partial charge on any atom is 0.140 e. The van der Waals surface area contributed by atoms with E-state index in [-0.39, 0.29) is 0 Å². The first-order valence-corrected chi connectivity index (χ1v) is 3.08. The molecule has 0 bridgehead atoms. The van der Waals surface area contributed by atoms with Crippen LogP contribution in [-0.2, 0) is 0 Å². The topological polar surface area (TPSA) is 12.0 Å². The first-order chi connectivity index (χ1) is 4.56. The van der Waals surface area contributed by atoms with Crippen molar-refractivity contribution in [3.8, 4) is 0 Å². The molecule has 0 fully saturated rings. The number of rotatable bonds is 2. The van der Waals surface area contributed by atoms with Crippen molar-refractivity contribution < 1.29 is 4.39 Å². The van der Waals surface area contributed by atoms with Gasteiger partial charge in [-0.3, -0.25) is 5.32 Å². The van der Waals surface area contributed by atoms with E-state index in [1.807, 2.05) is 13.8 Å². The molecule has 10 heavy (non-hydrogen) atoms. The molecule has 0 radical (unpaired) electrons. The van der Waals surface area contributed by atoms with E-state index in [1.54, 1.807) is 7.05 Å². The van der Waals surface area contributed by atoms with Crippen LogP contribution >= 0.6 is 0 Å². The minimum Gasteiger partial charge on any atom is -0.293 e. The van der Waals surface area contributed by atoms with Gasteiger partial charge in [-0.05, 0) is 20.9 Å². The number of alkyl halides is 1. The van der Waals surface area contributed by atoms with Crippen molar-refractivity contribution in [1.29, 1.82) is 0 Å². The van der Waals surface area contributed by atoms with Gasteiger partial charge in [0.1, 0.15) is 6.80 Å². The first-order valence-electron chi connectivity index (χ1n) is 3.08. The van der Waals surface area contributed by atoms with Crippen LogP contribution in [0.5, 0.6) is 0 Å². The Hall–Kier alpha value is -0.630. The van der Waals surface area contributed by atoms with Gasteiger partial charge in [0.2, 0.25) is 0 Å². The van der Waals surface area contributed by atoms with Gasteiger partial charge >= 0.3 is 0 Å². The Kier molecular flexibility index (Phi) is 10.1. The van der Waals surface area contributed by atoms with E-state index in [0.717, 1.165) is 11.1 Å². The van der Waals surface area contributed by atoms with Crippen molar-refractivity contribution in [2.24, 2.45) is 0 Å². The van der Waals surface area contributed by atoms with Crippen LogP contribution in [0, 0.1) is 0 Å². The summed E-state index contributed by atoms with van der Waals surface area (Å²) in [6.07, 6.45) is 0. The fourth-order valence-corrected chi connectivity index (χ4v) is 0. The molecule has 0 aliphatic heterocycles. The number of hydrogen-bond acceptors (Lipinski definition) is 1. The summed E-state index contributed by atoms with van der Waals surface area (Å²) in [5.74, 6) is 0. The van der Waals surface area contributed by atoms with Crippen LogP contribution < -0.4 is 5.32 Å². The van der Waals surface area contributed by atoms with Gasteiger partial charge in [0.05, 0.1) is 0 Å². The molecule has 0 atom stereocenters. The van der Waals surface area contributed by atoms with E-state index < -0.39 is 6.80 Å². The summed E-state index contributed by atoms with van der Waals surface area (Å²) in [6, 6.07) is 0. The highest BCUT2D eigenvalue weighted by Crippen LogP contribution is 1.98. The highest BCUT2D eigenvalue weighted by molar-refractivity contribution is 5.19. The van der Waals surface area contributed by atoms with Crippen molar-refractivity contribution in [1.82, 2.24) is 5.32 Å². The third-order valence-corrected chi connectivity index (χ3v) is 0.862. The summed E-state index contributed by atoms with van der Waals surface area (Å²) in [4.78, 5) is 0. The maximum absolute atomic E-state index is 10.6. The smallest absolute Gasteiger partial charge is 0.140 e. The SMILES string of the molecule is C=C(C)C(=C)C.CNCF. The van der Waals surface area contributed by atoms with E-state index in [1.165, 1.54) is 0 Å². The van der Waals surface area contributed by atoms with Crippen molar-refractivity contribution >= 4 is 0 Å². The number of hydrogen-bond donors (Lipinski definition) is 1. The lowest BCUT2D eigenvalue weighted by molar-refractivity contribution is 0.452. The van der Waals surface area contributed by atoms with Crippen LogP contribution in [0.1, 0.15) is 13.8 Å². The standard InChI is InChI=1S/C6H10.C2H6FN/c1-5(2)6(3)4;1-4-2-3/h1,3H2,2,4H3;4H,2H2,1H3. The van der Waals surface area contributed by atoms with Gasteiger partial charge < -0.3 is 0 Å². The van der Waals surface area contributed by atoms with E-state index in [2.05, 4.69) is 18.5 Å². The molecule has 0 aliphatic rings. The van der Waals surface area contributed by atoms with Gasteiger partial charge in [-0.2, -0.15) is 0 Å². The summed E-state index contributed by atoms with van der Waals surface area (Å²) in [5, 5.41) is 2.26. The molecule has 0 aliphatic carbocycles. The molecule has 0 heterocycles. The Balaban J connectivity index is 0. The average Bonchev–Trinajstić information content (AvgIpc) is 1.89. The average molecular weight is 145 g/mol. The zero-order chi connectivity index (χ0) is 8.57. The molecule has 0 saturated carbocycles. The zero-order valence-electron chi connectivity index (χ0n) is 7.00. The molecule has 1 N–H and O–H groups in total. The molecule has 0 saturated heterocycles. The lowest BCUT2D eigenvalue weighted by Crippen LogP contribution is -1.99. The highest BCUT2D eigenvalue weighted by Gasteiger charge is 1.77. The Morgan fingerprint density at radius 1 is 1.30 bits per heavy atom. The summed E-state index contributed by atoms with van der Waals surface area (Å²) in [5.41, 5.74) is 2.13. The molecule has 2 heteroatoms. The van der Waals surface area contributed by atoms with Gasteiger partial charge in [-0.15, -0.1) is 0 Å². The van der Waals surface area contributed by atoms with E-state index in [0.29, 0.717) is 0 Å². The van der Waals surface area contributed by atoms with Crippen LogP contribution in [0.25, 0.3) is 0 Å². The van der Waals surface area contributed by atoms with Crippen molar-refractivity contribution in [2.75, 3.05) is 13.8 Å². The summed E-state index contributed by atoms with van der Waals surface area (Å²) in [7, 11) is 1.56. The molecule has 60 valence electrons. The second-order valence-corrected chi connectivity index (χ2v) is 2.05. The summed E-state index contributed by atoms with van der Waals surface area (Å²) in [6.45, 7) is 10.8. The van der Waals surface area contributed by atoms with Crippen molar-refractivity contribution in [2.45, 2.75) is 13.8 Å². The number of halogens is 1. The highest BCUT2D eigenvalue weighted by atomic mass is 19.1. The lowest BCUT2D eigenvalue weighted by atomic mass is 10.2. The molecule has 0 aromatic rings. The number of allylic oxidation sites excluding steroid dienone is 2. The lowest BCUT2D eigenvalue weighted by Gasteiger charge is -1.88. The normalized spacial score (nSPS) is 7.60. The van der Waals surface area contributed by atoms with Crippen LogP contribution in [0.15, 0.2) is 24.3 Å². The van der Waals surface area contributed by atoms with Crippen LogP contribution in [0.2, 0.25) is 0 Å². The Labute approximate surface area is 62.6 Å². The molecule has 0 amide bonds. The quantitative estimate of drug-likeness (QED) is 0.464. The Morgan fingerprint density at radius 2 is 1.50 bits per heavy atom. The van der Waals surface area contributed by atoms with Crippen molar-refractivity contribution in [3.63, 3.8) is 0 Å². The van der Waals surface area contributed by atoms with E-state index in [9.17, 15) is 4.39 Å². The van der Waals surface area contributed by atoms with Gasteiger partial charge in [0.25, 0.3) is 0 Å². The maximum atomic E-state index is 10.6. The molecular weight excluding hydrogens is 129 g/mol. The van der Waals surface area contributed by atoms with Gasteiger partial charge in [-0.1, -0.05) is 24.3 Å². The first kappa shape index (κ1) is 12.1. The van der Waals surface area contributed by atoms with Crippen molar-refractivity contribution in [3.05, 3.63) is 24.3 Å². The van der Waals surface area contributed by atoms with Gasteiger partial charge in [0.15, 0.2) is 0 Å². The molecule has 0 rings (SSSR count). The fraction of sp³-hybridized carbons (Fsp3) is 0.500. The predicted octanol–water partition coefficient (Wildman–Crippen LogP) is 2.27. The Morgan fingerprint density at radius 3 is 1.50 bits per heavy atom. The second-order valence-electron chi connectivity index (χ2n) is 2.05. The molecule has 0 aromatic carbocycles. The minimum atomic E-state index is -0.431. The third-order valence-electron chi connectivity index (χ3n) is 0.862. The van der Waals surface area contributed by atoms with Crippen LogP contribution in [0.4, 0.5) is 4.39 Å². The summed E-state index contributed by atoms with van der Waals surface area (Å²) >= 11 is 0.